The summed E-state index contributed by atoms with van der Waals surface area (Å²) in [5.41, 5.74) is 7.64. The number of benzene rings is 1. The average molecular weight is 275 g/mol. The van der Waals surface area contributed by atoms with Crippen LogP contribution in [0.3, 0.4) is 0 Å². The fourth-order valence-electron chi connectivity index (χ4n) is 2.86. The Balaban J connectivity index is 1.76. The predicted molar refractivity (Wildman–Crippen MR) is 82.4 cm³/mol. The van der Waals surface area contributed by atoms with Gasteiger partial charge in [-0.2, -0.15) is 0 Å². The molecule has 4 heteroatoms. The third-order valence-corrected chi connectivity index (χ3v) is 4.03. The lowest BCUT2D eigenvalue weighted by Crippen LogP contribution is -2.32. The number of hydrogen-bond donors (Lipinski definition) is 1. The van der Waals surface area contributed by atoms with Crippen molar-refractivity contribution < 1.29 is 4.79 Å². The number of nitrogens with two attached hydrogens (primary N) is 1. The lowest BCUT2D eigenvalue weighted by molar-refractivity contribution is -0.130. The van der Waals surface area contributed by atoms with Crippen molar-refractivity contribution in [1.29, 1.82) is 0 Å². The normalized spacial score (nSPS) is 19.2. The van der Waals surface area contributed by atoms with Crippen LogP contribution in [0.2, 0.25) is 0 Å². The number of likely N-dealkylation sites (tertiary alicyclic amines) is 1. The number of hydrogen-bond acceptors (Lipinski definition) is 3. The van der Waals surface area contributed by atoms with Crippen LogP contribution < -0.4 is 5.73 Å². The standard InChI is InChI=1S/C16H25N3O/c1-18-9-8-14(11-18)12-19(2)16(20)7-6-13-4-3-5-15(17)10-13/h3-5,10,14H,6-9,11-12,17H2,1-2H3. The number of anilines is 1. The van der Waals surface area contributed by atoms with Crippen LogP contribution >= 0.6 is 0 Å². The summed E-state index contributed by atoms with van der Waals surface area (Å²) in [4.78, 5) is 16.4. The number of nitrogens with zero attached hydrogens (tertiary/aromatic N) is 2. The maximum atomic E-state index is 12.2. The Labute approximate surface area is 121 Å². The van der Waals surface area contributed by atoms with Gasteiger partial charge >= 0.3 is 0 Å². The fraction of sp³-hybridized carbons (Fsp3) is 0.562. The van der Waals surface area contributed by atoms with Crippen LogP contribution in [0, 0.1) is 5.92 Å². The summed E-state index contributed by atoms with van der Waals surface area (Å²) in [6.07, 6.45) is 2.52. The molecule has 1 aliphatic rings. The smallest absolute Gasteiger partial charge is 0.222 e. The van der Waals surface area contributed by atoms with Gasteiger partial charge in [0.1, 0.15) is 0 Å². The van der Waals surface area contributed by atoms with E-state index in [0.29, 0.717) is 12.3 Å². The van der Waals surface area contributed by atoms with Gasteiger partial charge in [-0.25, -0.2) is 0 Å². The van der Waals surface area contributed by atoms with E-state index < -0.39 is 0 Å². The molecule has 1 saturated heterocycles. The van der Waals surface area contributed by atoms with Gasteiger partial charge in [0.2, 0.25) is 5.91 Å². The number of carbonyl (C=O) groups excluding carboxylic acids is 1. The van der Waals surface area contributed by atoms with Crippen molar-refractivity contribution in [2.45, 2.75) is 19.3 Å². The van der Waals surface area contributed by atoms with E-state index in [9.17, 15) is 4.79 Å². The Morgan fingerprint density at radius 3 is 2.95 bits per heavy atom. The largest absolute Gasteiger partial charge is 0.399 e. The molecule has 0 aromatic heterocycles. The van der Waals surface area contributed by atoms with Crippen LogP contribution in [0.1, 0.15) is 18.4 Å². The first-order chi connectivity index (χ1) is 9.54. The topological polar surface area (TPSA) is 49.6 Å². The van der Waals surface area contributed by atoms with E-state index in [1.165, 1.54) is 6.42 Å². The van der Waals surface area contributed by atoms with Gasteiger partial charge in [-0.15, -0.1) is 0 Å². The summed E-state index contributed by atoms with van der Waals surface area (Å²) in [6, 6.07) is 7.77. The van der Waals surface area contributed by atoms with E-state index in [4.69, 9.17) is 5.73 Å². The van der Waals surface area contributed by atoms with Crippen LogP contribution in [0.15, 0.2) is 24.3 Å². The molecule has 0 radical (unpaired) electrons. The molecule has 1 amide bonds. The summed E-state index contributed by atoms with van der Waals surface area (Å²) < 4.78 is 0. The van der Waals surface area contributed by atoms with Gasteiger partial charge in [-0.1, -0.05) is 12.1 Å². The zero-order valence-corrected chi connectivity index (χ0v) is 12.5. The highest BCUT2D eigenvalue weighted by atomic mass is 16.2. The van der Waals surface area contributed by atoms with E-state index in [1.807, 2.05) is 36.2 Å². The summed E-state index contributed by atoms with van der Waals surface area (Å²) in [6.45, 7) is 3.13. The summed E-state index contributed by atoms with van der Waals surface area (Å²) in [5.74, 6) is 0.850. The number of amides is 1. The SMILES string of the molecule is CN1CCC(CN(C)C(=O)CCc2cccc(N)c2)C1. The zero-order chi connectivity index (χ0) is 14.5. The fourth-order valence-corrected chi connectivity index (χ4v) is 2.86. The molecule has 2 N–H and O–H groups in total. The molecule has 0 bridgehead atoms. The monoisotopic (exact) mass is 275 g/mol. The molecule has 1 aromatic rings. The second-order valence-corrected chi connectivity index (χ2v) is 5.94. The third-order valence-electron chi connectivity index (χ3n) is 4.03. The van der Waals surface area contributed by atoms with Crippen molar-refractivity contribution in [3.8, 4) is 0 Å². The molecule has 0 spiro atoms. The average Bonchev–Trinajstić information content (AvgIpc) is 2.81. The Kier molecular flexibility index (Phi) is 5.01. The minimum absolute atomic E-state index is 0.224. The van der Waals surface area contributed by atoms with Gasteiger partial charge in [-0.05, 0) is 50.0 Å². The molecule has 20 heavy (non-hydrogen) atoms. The molecular formula is C16H25N3O. The van der Waals surface area contributed by atoms with Crippen LogP contribution in [0.25, 0.3) is 0 Å². The highest BCUT2D eigenvalue weighted by molar-refractivity contribution is 5.76. The third kappa shape index (κ3) is 4.23. The van der Waals surface area contributed by atoms with Gasteiger partial charge in [0.05, 0.1) is 0 Å². The van der Waals surface area contributed by atoms with E-state index in [-0.39, 0.29) is 5.91 Å². The molecule has 0 aliphatic carbocycles. The Morgan fingerprint density at radius 2 is 2.30 bits per heavy atom. The minimum atomic E-state index is 0.224. The van der Waals surface area contributed by atoms with E-state index >= 15 is 0 Å². The van der Waals surface area contributed by atoms with Crippen LogP contribution in [-0.2, 0) is 11.2 Å². The van der Waals surface area contributed by atoms with Crippen molar-refractivity contribution in [2.24, 2.45) is 5.92 Å². The number of nitrogen functional groups attached to an aromatic ring is 1. The van der Waals surface area contributed by atoms with Gasteiger partial charge in [0, 0.05) is 32.2 Å². The molecule has 1 aliphatic heterocycles. The summed E-state index contributed by atoms with van der Waals surface area (Å²) in [7, 11) is 4.06. The van der Waals surface area contributed by atoms with Gasteiger partial charge in [-0.3, -0.25) is 4.79 Å². The van der Waals surface area contributed by atoms with Crippen LogP contribution in [0.5, 0.6) is 0 Å². The molecule has 1 heterocycles. The van der Waals surface area contributed by atoms with Crippen molar-refractivity contribution in [3.63, 3.8) is 0 Å². The molecule has 1 fully saturated rings. The summed E-state index contributed by atoms with van der Waals surface area (Å²) in [5, 5.41) is 0. The molecule has 1 aromatic carbocycles. The Morgan fingerprint density at radius 1 is 1.50 bits per heavy atom. The first-order valence-corrected chi connectivity index (χ1v) is 7.31. The van der Waals surface area contributed by atoms with Crippen molar-refractivity contribution in [1.82, 2.24) is 9.80 Å². The first-order valence-electron chi connectivity index (χ1n) is 7.31. The van der Waals surface area contributed by atoms with Crippen LogP contribution in [-0.4, -0.2) is 49.4 Å². The second-order valence-electron chi connectivity index (χ2n) is 5.94. The maximum Gasteiger partial charge on any atom is 0.222 e. The molecule has 2 rings (SSSR count). The van der Waals surface area contributed by atoms with Crippen molar-refractivity contribution >= 4 is 11.6 Å². The Bertz CT molecular complexity index is 461. The molecule has 0 saturated carbocycles. The lowest BCUT2D eigenvalue weighted by Gasteiger charge is -2.21. The molecule has 1 unspecified atom stereocenters. The van der Waals surface area contributed by atoms with E-state index in [0.717, 1.165) is 37.3 Å². The second kappa shape index (κ2) is 6.75. The number of rotatable bonds is 5. The molecule has 1 atom stereocenters. The number of aryl methyl sites for hydroxylation is 1. The van der Waals surface area contributed by atoms with Gasteiger partial charge < -0.3 is 15.5 Å². The van der Waals surface area contributed by atoms with Crippen molar-refractivity contribution in [3.05, 3.63) is 29.8 Å². The van der Waals surface area contributed by atoms with E-state index in [1.54, 1.807) is 0 Å². The predicted octanol–water partition coefficient (Wildman–Crippen LogP) is 1.61. The highest BCUT2D eigenvalue weighted by Crippen LogP contribution is 2.16. The summed E-state index contributed by atoms with van der Waals surface area (Å²) >= 11 is 0. The molecule has 110 valence electrons. The lowest BCUT2D eigenvalue weighted by atomic mass is 10.1. The van der Waals surface area contributed by atoms with Crippen LogP contribution in [0.4, 0.5) is 5.69 Å². The van der Waals surface area contributed by atoms with Gasteiger partial charge in [0.25, 0.3) is 0 Å². The minimum Gasteiger partial charge on any atom is -0.399 e. The quantitative estimate of drug-likeness (QED) is 0.831. The molecule has 4 nitrogen and oxygen atoms in total. The van der Waals surface area contributed by atoms with E-state index in [2.05, 4.69) is 11.9 Å². The Hall–Kier alpha value is -1.55. The maximum absolute atomic E-state index is 12.2. The zero-order valence-electron chi connectivity index (χ0n) is 12.5. The number of carbonyl (C=O) groups is 1. The van der Waals surface area contributed by atoms with Crippen molar-refractivity contribution in [2.75, 3.05) is 39.5 Å². The highest BCUT2D eigenvalue weighted by Gasteiger charge is 2.22. The first kappa shape index (κ1) is 14.9. The molecular weight excluding hydrogens is 250 g/mol. The van der Waals surface area contributed by atoms with Gasteiger partial charge in [0.15, 0.2) is 0 Å².